The van der Waals surface area contributed by atoms with Crippen molar-refractivity contribution in [2.24, 2.45) is 0 Å². The minimum atomic E-state index is -0.802. The fourth-order valence-corrected chi connectivity index (χ4v) is 6.15. The molecule has 1 amide bonds. The van der Waals surface area contributed by atoms with E-state index < -0.39 is 35.3 Å². The number of likely N-dealkylation sites (tertiary alicyclic amines) is 1. The van der Waals surface area contributed by atoms with Gasteiger partial charge in [0.15, 0.2) is 0 Å². The topological polar surface area (TPSA) is 100 Å². The number of aliphatic hydroxyl groups excluding tert-OH is 1. The zero-order valence-corrected chi connectivity index (χ0v) is 27.3. The molecule has 5 rings (SSSR count). The molecule has 0 aromatic heterocycles. The highest BCUT2D eigenvalue weighted by atomic mass is 16.6. The third-order valence-corrected chi connectivity index (χ3v) is 8.34. The van der Waals surface area contributed by atoms with Crippen LogP contribution >= 0.6 is 0 Å². The van der Waals surface area contributed by atoms with Gasteiger partial charge in [-0.3, -0.25) is 10.2 Å². The summed E-state index contributed by atoms with van der Waals surface area (Å²) < 4.78 is 11.3. The first-order valence-corrected chi connectivity index (χ1v) is 16.2. The molecule has 0 saturated carbocycles. The van der Waals surface area contributed by atoms with Crippen molar-refractivity contribution in [2.75, 3.05) is 19.7 Å². The molecule has 8 heteroatoms. The van der Waals surface area contributed by atoms with Crippen LogP contribution in [0.4, 0.5) is 4.79 Å². The maximum Gasteiger partial charge on any atom is 0.411 e. The van der Waals surface area contributed by atoms with Crippen LogP contribution in [0, 0.1) is 0 Å². The summed E-state index contributed by atoms with van der Waals surface area (Å²) in [5.41, 5.74) is 2.49. The first kappa shape index (κ1) is 33.9. The Labute approximate surface area is 277 Å². The normalized spacial score (nSPS) is 17.2. The number of nitrogens with one attached hydrogen (secondary N) is 2. The van der Waals surface area contributed by atoms with Gasteiger partial charge in [-0.2, -0.15) is 0 Å². The molecule has 1 saturated heterocycles. The van der Waals surface area contributed by atoms with E-state index in [9.17, 15) is 14.7 Å². The van der Waals surface area contributed by atoms with Crippen LogP contribution in [0.2, 0.25) is 0 Å². The molecule has 1 fully saturated rings. The summed E-state index contributed by atoms with van der Waals surface area (Å²) in [5, 5.41) is 18.1. The standard InChI is InChI=1S/C39H45N3O5/c1-38(2,3)47-37(45)42-26-33(24-35(42)36(44)46-28-29-16-8-4-9-17-29)40-25-34(27-43)41-39(30-18-10-5-11-19-30,31-20-12-6-13-21-31)32-22-14-7-15-23-32/h4-23,33-35,40-41,43H,24-28H2,1-3H3/t33-,34-,35-/m0/s1. The molecule has 1 aliphatic rings. The van der Waals surface area contributed by atoms with Gasteiger partial charge in [-0.25, -0.2) is 9.59 Å². The second-order valence-electron chi connectivity index (χ2n) is 13.0. The van der Waals surface area contributed by atoms with Crippen LogP contribution in [0.3, 0.4) is 0 Å². The molecule has 1 heterocycles. The Morgan fingerprint density at radius 2 is 1.30 bits per heavy atom. The van der Waals surface area contributed by atoms with Crippen LogP contribution in [0.5, 0.6) is 0 Å². The molecule has 3 atom stereocenters. The van der Waals surface area contributed by atoms with Gasteiger partial charge in [0, 0.05) is 25.2 Å². The average Bonchev–Trinajstić information content (AvgIpc) is 3.53. The summed E-state index contributed by atoms with van der Waals surface area (Å²) >= 11 is 0. The number of rotatable bonds is 12. The largest absolute Gasteiger partial charge is 0.459 e. The summed E-state index contributed by atoms with van der Waals surface area (Å²) in [6.45, 7) is 6.02. The maximum absolute atomic E-state index is 13.3. The fraction of sp³-hybridized carbons (Fsp3) is 0.333. The third-order valence-electron chi connectivity index (χ3n) is 8.34. The quantitative estimate of drug-likeness (QED) is 0.137. The van der Waals surface area contributed by atoms with Gasteiger partial charge < -0.3 is 19.9 Å². The molecule has 0 bridgehead atoms. The van der Waals surface area contributed by atoms with Crippen LogP contribution in [0.15, 0.2) is 121 Å². The SMILES string of the molecule is CC(C)(C)OC(=O)N1C[C@@H](NC[C@@H](CO)NC(c2ccccc2)(c2ccccc2)c2ccccc2)C[C@H]1C(=O)OCc1ccccc1. The highest BCUT2D eigenvalue weighted by Crippen LogP contribution is 2.37. The Hall–Kier alpha value is -4.50. The van der Waals surface area contributed by atoms with Crippen molar-refractivity contribution >= 4 is 12.1 Å². The Morgan fingerprint density at radius 3 is 1.77 bits per heavy atom. The van der Waals surface area contributed by atoms with E-state index >= 15 is 0 Å². The lowest BCUT2D eigenvalue weighted by molar-refractivity contribution is -0.150. The minimum Gasteiger partial charge on any atom is -0.459 e. The van der Waals surface area contributed by atoms with E-state index in [0.717, 1.165) is 22.3 Å². The highest BCUT2D eigenvalue weighted by Gasteiger charge is 2.43. The molecule has 4 aromatic rings. The Morgan fingerprint density at radius 1 is 0.809 bits per heavy atom. The summed E-state index contributed by atoms with van der Waals surface area (Å²) in [6.07, 6.45) is -0.205. The molecular weight excluding hydrogens is 590 g/mol. The van der Waals surface area contributed by atoms with Crippen molar-refractivity contribution in [1.82, 2.24) is 15.5 Å². The number of aliphatic hydroxyl groups is 1. The summed E-state index contributed by atoms with van der Waals surface area (Å²) in [7, 11) is 0. The molecule has 4 aromatic carbocycles. The molecule has 1 aliphatic heterocycles. The lowest BCUT2D eigenvalue weighted by Crippen LogP contribution is -2.55. The van der Waals surface area contributed by atoms with Crippen molar-refractivity contribution in [3.8, 4) is 0 Å². The highest BCUT2D eigenvalue weighted by molar-refractivity contribution is 5.82. The Kier molecular flexibility index (Phi) is 11.1. The van der Waals surface area contributed by atoms with Gasteiger partial charge in [-0.15, -0.1) is 0 Å². The van der Waals surface area contributed by atoms with Crippen molar-refractivity contribution < 1.29 is 24.2 Å². The summed E-state index contributed by atoms with van der Waals surface area (Å²) in [4.78, 5) is 28.1. The second kappa shape index (κ2) is 15.4. The Balaban J connectivity index is 1.36. The predicted octanol–water partition coefficient (Wildman–Crippen LogP) is 5.64. The van der Waals surface area contributed by atoms with E-state index in [-0.39, 0.29) is 25.8 Å². The number of nitrogens with zero attached hydrogens (tertiary/aromatic N) is 1. The van der Waals surface area contributed by atoms with Crippen LogP contribution in [-0.2, 0) is 26.4 Å². The first-order valence-electron chi connectivity index (χ1n) is 16.2. The van der Waals surface area contributed by atoms with Crippen molar-refractivity contribution in [3.63, 3.8) is 0 Å². The van der Waals surface area contributed by atoms with Gasteiger partial charge in [0.25, 0.3) is 0 Å². The van der Waals surface area contributed by atoms with Gasteiger partial charge in [-0.1, -0.05) is 121 Å². The number of hydrogen-bond acceptors (Lipinski definition) is 7. The Bertz CT molecular complexity index is 1470. The monoisotopic (exact) mass is 635 g/mol. The fourth-order valence-electron chi connectivity index (χ4n) is 6.15. The second-order valence-corrected chi connectivity index (χ2v) is 13.0. The molecule has 0 radical (unpaired) electrons. The number of amides is 1. The number of hydrogen-bond donors (Lipinski definition) is 3. The average molecular weight is 636 g/mol. The smallest absolute Gasteiger partial charge is 0.411 e. The molecule has 0 spiro atoms. The predicted molar refractivity (Wildman–Crippen MR) is 183 cm³/mol. The first-order chi connectivity index (χ1) is 22.7. The van der Waals surface area contributed by atoms with Crippen LogP contribution in [0.1, 0.15) is 49.4 Å². The number of carbonyl (C=O) groups excluding carboxylic acids is 2. The van der Waals surface area contributed by atoms with Gasteiger partial charge in [0.1, 0.15) is 18.2 Å². The molecule has 8 nitrogen and oxygen atoms in total. The molecule has 47 heavy (non-hydrogen) atoms. The molecule has 0 unspecified atom stereocenters. The van der Waals surface area contributed by atoms with Crippen molar-refractivity contribution in [1.29, 1.82) is 0 Å². The van der Waals surface area contributed by atoms with E-state index in [1.807, 2.05) is 84.9 Å². The number of ether oxygens (including phenoxy) is 2. The maximum atomic E-state index is 13.3. The summed E-state index contributed by atoms with van der Waals surface area (Å²) in [5.74, 6) is -0.475. The van der Waals surface area contributed by atoms with E-state index in [4.69, 9.17) is 9.47 Å². The van der Waals surface area contributed by atoms with Gasteiger partial charge >= 0.3 is 12.1 Å². The lowest BCUT2D eigenvalue weighted by Gasteiger charge is -2.40. The minimum absolute atomic E-state index is 0.119. The van der Waals surface area contributed by atoms with Crippen molar-refractivity contribution in [3.05, 3.63) is 144 Å². The number of benzene rings is 4. The molecule has 3 N–H and O–H groups in total. The third kappa shape index (κ3) is 8.46. The van der Waals surface area contributed by atoms with Crippen molar-refractivity contribution in [2.45, 2.75) is 63.1 Å². The number of carbonyl (C=O) groups is 2. The van der Waals surface area contributed by atoms with Crippen LogP contribution < -0.4 is 10.6 Å². The van der Waals surface area contributed by atoms with E-state index in [1.165, 1.54) is 4.90 Å². The zero-order valence-electron chi connectivity index (χ0n) is 27.3. The molecule has 246 valence electrons. The van der Waals surface area contributed by atoms with E-state index in [1.54, 1.807) is 20.8 Å². The van der Waals surface area contributed by atoms with Crippen LogP contribution in [0.25, 0.3) is 0 Å². The van der Waals surface area contributed by atoms with Gasteiger partial charge in [0.05, 0.1) is 12.1 Å². The molecule has 0 aliphatic carbocycles. The van der Waals surface area contributed by atoms with Gasteiger partial charge in [-0.05, 0) is 49.4 Å². The summed E-state index contributed by atoms with van der Waals surface area (Å²) in [6, 6.07) is 38.7. The van der Waals surface area contributed by atoms with Crippen LogP contribution in [-0.4, -0.2) is 65.5 Å². The lowest BCUT2D eigenvalue weighted by atomic mass is 9.76. The van der Waals surface area contributed by atoms with E-state index in [2.05, 4.69) is 47.0 Å². The molecular formula is C39H45N3O5. The van der Waals surface area contributed by atoms with Gasteiger partial charge in [0.2, 0.25) is 0 Å². The zero-order chi connectivity index (χ0) is 33.3. The number of esters is 1. The van der Waals surface area contributed by atoms with E-state index in [0.29, 0.717) is 13.0 Å².